The van der Waals surface area contributed by atoms with E-state index >= 15 is 0 Å². The Labute approximate surface area is 249 Å². The standard InChI is InChI=1S/C41H26N2/c1-2-8-27(9-3-1)33-21-23-36-37(25-33)35-22-20-34(26-40(35)43-39-13-7-6-12-38(39)42-41(36)43)30-16-14-29(15-17-30)32-19-18-28-10-4-5-11-31(28)24-32/h1-26H. The fraction of sp³-hybridized carbons (Fsp3) is 0. The van der Waals surface area contributed by atoms with Crippen LogP contribution in [0.25, 0.3) is 82.5 Å². The summed E-state index contributed by atoms with van der Waals surface area (Å²) in [5, 5.41) is 6.13. The molecule has 0 aliphatic carbocycles. The van der Waals surface area contributed by atoms with E-state index in [9.17, 15) is 0 Å². The van der Waals surface area contributed by atoms with Crippen LogP contribution in [0.2, 0.25) is 0 Å². The lowest BCUT2D eigenvalue weighted by Gasteiger charge is -2.13. The molecule has 0 N–H and O–H groups in total. The van der Waals surface area contributed by atoms with E-state index in [-0.39, 0.29) is 0 Å². The molecule has 9 aromatic rings. The average molecular weight is 547 g/mol. The minimum Gasteiger partial charge on any atom is -0.292 e. The highest BCUT2D eigenvalue weighted by Gasteiger charge is 2.15. The van der Waals surface area contributed by atoms with Gasteiger partial charge in [-0.25, -0.2) is 4.98 Å². The van der Waals surface area contributed by atoms with E-state index in [0.29, 0.717) is 0 Å². The van der Waals surface area contributed by atoms with Gasteiger partial charge in [-0.15, -0.1) is 0 Å². The normalized spacial score (nSPS) is 11.7. The van der Waals surface area contributed by atoms with Crippen LogP contribution in [0, 0.1) is 0 Å². The second kappa shape index (κ2) is 9.40. The number of hydrogen-bond donors (Lipinski definition) is 0. The third-order valence-corrected chi connectivity index (χ3v) is 8.76. The number of pyridine rings is 1. The van der Waals surface area contributed by atoms with Crippen molar-refractivity contribution in [2.24, 2.45) is 0 Å². The summed E-state index contributed by atoms with van der Waals surface area (Å²) in [6, 6.07) is 56.8. The Balaban J connectivity index is 1.24. The summed E-state index contributed by atoms with van der Waals surface area (Å²) >= 11 is 0. The van der Waals surface area contributed by atoms with Crippen LogP contribution in [0.3, 0.4) is 0 Å². The molecule has 2 aromatic heterocycles. The summed E-state index contributed by atoms with van der Waals surface area (Å²) in [4.78, 5) is 5.13. The van der Waals surface area contributed by atoms with Crippen LogP contribution in [0.1, 0.15) is 0 Å². The van der Waals surface area contributed by atoms with Gasteiger partial charge in [0.05, 0.1) is 16.6 Å². The fourth-order valence-electron chi connectivity index (χ4n) is 6.57. The summed E-state index contributed by atoms with van der Waals surface area (Å²) in [5.41, 5.74) is 11.6. The van der Waals surface area contributed by atoms with Crippen molar-refractivity contribution in [2.45, 2.75) is 0 Å². The van der Waals surface area contributed by atoms with Gasteiger partial charge in [-0.3, -0.25) is 4.40 Å². The Morgan fingerprint density at radius 1 is 0.349 bits per heavy atom. The molecule has 200 valence electrons. The molecule has 43 heavy (non-hydrogen) atoms. The minimum absolute atomic E-state index is 0.993. The maximum Gasteiger partial charge on any atom is 0.146 e. The summed E-state index contributed by atoms with van der Waals surface area (Å²) in [5.74, 6) is 0. The van der Waals surface area contributed by atoms with Crippen molar-refractivity contribution in [1.29, 1.82) is 0 Å². The Hall–Kier alpha value is -5.73. The van der Waals surface area contributed by atoms with Gasteiger partial charge in [0.15, 0.2) is 0 Å². The first-order valence-corrected chi connectivity index (χ1v) is 14.7. The molecule has 0 spiro atoms. The zero-order valence-electron chi connectivity index (χ0n) is 23.4. The number of rotatable bonds is 3. The molecule has 2 heterocycles. The van der Waals surface area contributed by atoms with Gasteiger partial charge in [0.1, 0.15) is 5.65 Å². The lowest BCUT2D eigenvalue weighted by molar-refractivity contribution is 1.31. The van der Waals surface area contributed by atoms with E-state index in [0.717, 1.165) is 27.6 Å². The number of fused-ring (bicyclic) bond motifs is 9. The van der Waals surface area contributed by atoms with Gasteiger partial charge >= 0.3 is 0 Å². The van der Waals surface area contributed by atoms with Crippen molar-refractivity contribution >= 4 is 49.1 Å². The number of imidazole rings is 1. The van der Waals surface area contributed by atoms with Crippen LogP contribution in [-0.4, -0.2) is 9.38 Å². The lowest BCUT2D eigenvalue weighted by Crippen LogP contribution is -1.93. The summed E-state index contributed by atoms with van der Waals surface area (Å²) in [6.45, 7) is 0. The molecule has 9 rings (SSSR count). The Morgan fingerprint density at radius 3 is 1.74 bits per heavy atom. The zero-order chi connectivity index (χ0) is 28.3. The first kappa shape index (κ1) is 23.9. The average Bonchev–Trinajstić information content (AvgIpc) is 3.48. The van der Waals surface area contributed by atoms with E-state index < -0.39 is 0 Å². The molecule has 2 nitrogen and oxygen atoms in total. The van der Waals surface area contributed by atoms with Crippen LogP contribution < -0.4 is 0 Å². The largest absolute Gasteiger partial charge is 0.292 e. The summed E-state index contributed by atoms with van der Waals surface area (Å²) < 4.78 is 2.34. The third-order valence-electron chi connectivity index (χ3n) is 8.76. The number of benzene rings is 7. The zero-order valence-corrected chi connectivity index (χ0v) is 23.4. The molecule has 2 heteroatoms. The van der Waals surface area contributed by atoms with Gasteiger partial charge in [0, 0.05) is 10.8 Å². The Kier molecular flexibility index (Phi) is 5.23. The summed E-state index contributed by atoms with van der Waals surface area (Å²) in [6.07, 6.45) is 0. The van der Waals surface area contributed by atoms with Crippen molar-refractivity contribution in [3.8, 4) is 33.4 Å². The molecule has 0 aliphatic heterocycles. The van der Waals surface area contributed by atoms with Gasteiger partial charge in [-0.1, -0.05) is 121 Å². The Morgan fingerprint density at radius 2 is 0.930 bits per heavy atom. The van der Waals surface area contributed by atoms with Crippen molar-refractivity contribution < 1.29 is 0 Å². The predicted molar refractivity (Wildman–Crippen MR) is 182 cm³/mol. The molecule has 0 atom stereocenters. The fourth-order valence-corrected chi connectivity index (χ4v) is 6.57. The van der Waals surface area contributed by atoms with Crippen molar-refractivity contribution in [1.82, 2.24) is 9.38 Å². The van der Waals surface area contributed by atoms with Gasteiger partial charge < -0.3 is 0 Å². The van der Waals surface area contributed by atoms with Gasteiger partial charge in [-0.2, -0.15) is 0 Å². The molecular weight excluding hydrogens is 520 g/mol. The van der Waals surface area contributed by atoms with E-state index in [1.807, 2.05) is 0 Å². The molecule has 0 bridgehead atoms. The second-order valence-corrected chi connectivity index (χ2v) is 11.3. The molecular formula is C41H26N2. The lowest BCUT2D eigenvalue weighted by atomic mass is 9.96. The Bertz CT molecular complexity index is 2490. The first-order valence-electron chi connectivity index (χ1n) is 14.7. The third kappa shape index (κ3) is 3.84. The van der Waals surface area contributed by atoms with Gasteiger partial charge in [0.2, 0.25) is 0 Å². The highest BCUT2D eigenvalue weighted by molar-refractivity contribution is 6.15. The van der Waals surface area contributed by atoms with Gasteiger partial charge in [-0.05, 0) is 85.9 Å². The smallest absolute Gasteiger partial charge is 0.146 e. The van der Waals surface area contributed by atoms with E-state index in [1.165, 1.54) is 54.9 Å². The molecule has 0 aliphatic rings. The van der Waals surface area contributed by atoms with Crippen molar-refractivity contribution in [3.63, 3.8) is 0 Å². The molecule has 0 saturated carbocycles. The number of aromatic nitrogens is 2. The van der Waals surface area contributed by atoms with Crippen LogP contribution in [0.15, 0.2) is 158 Å². The van der Waals surface area contributed by atoms with E-state index in [2.05, 4.69) is 162 Å². The first-order chi connectivity index (χ1) is 21.3. The predicted octanol–water partition coefficient (Wildman–Crippen LogP) is 10.9. The molecule has 0 radical (unpaired) electrons. The van der Waals surface area contributed by atoms with Crippen molar-refractivity contribution in [3.05, 3.63) is 158 Å². The molecule has 0 fully saturated rings. The molecule has 0 saturated heterocycles. The second-order valence-electron chi connectivity index (χ2n) is 11.3. The summed E-state index contributed by atoms with van der Waals surface area (Å²) in [7, 11) is 0. The maximum atomic E-state index is 5.13. The van der Waals surface area contributed by atoms with Crippen molar-refractivity contribution in [2.75, 3.05) is 0 Å². The van der Waals surface area contributed by atoms with Crippen LogP contribution in [-0.2, 0) is 0 Å². The highest BCUT2D eigenvalue weighted by atomic mass is 15.0. The number of para-hydroxylation sites is 2. The van der Waals surface area contributed by atoms with E-state index in [4.69, 9.17) is 4.98 Å². The van der Waals surface area contributed by atoms with Crippen LogP contribution >= 0.6 is 0 Å². The minimum atomic E-state index is 0.993. The maximum absolute atomic E-state index is 5.13. The monoisotopic (exact) mass is 546 g/mol. The van der Waals surface area contributed by atoms with Crippen LogP contribution in [0.5, 0.6) is 0 Å². The highest BCUT2D eigenvalue weighted by Crippen LogP contribution is 2.37. The number of nitrogens with zero attached hydrogens (tertiary/aromatic N) is 2. The van der Waals surface area contributed by atoms with Crippen LogP contribution in [0.4, 0.5) is 0 Å². The van der Waals surface area contributed by atoms with Gasteiger partial charge in [0.25, 0.3) is 0 Å². The quantitative estimate of drug-likeness (QED) is 0.201. The molecule has 0 amide bonds. The topological polar surface area (TPSA) is 17.3 Å². The molecule has 7 aromatic carbocycles. The van der Waals surface area contributed by atoms with E-state index in [1.54, 1.807) is 0 Å². The number of hydrogen-bond acceptors (Lipinski definition) is 1. The molecule has 0 unspecified atom stereocenters. The SMILES string of the molecule is c1ccc(-c2ccc3c(c2)c2ccc(-c4ccc(-c5ccc6ccccc6c5)cc4)cc2n2c4ccccc4nc32)cc1.